The van der Waals surface area contributed by atoms with E-state index in [-0.39, 0.29) is 5.91 Å². The number of carbonyl (C=O) groups is 1. The Morgan fingerprint density at radius 2 is 2.11 bits per heavy atom. The van der Waals surface area contributed by atoms with Crippen LogP contribution in [-0.4, -0.2) is 10.3 Å². The predicted octanol–water partition coefficient (Wildman–Crippen LogP) is 2.18. The van der Waals surface area contributed by atoms with Gasteiger partial charge in [-0.15, -0.1) is 5.53 Å². The zero-order chi connectivity index (χ0) is 13.7. The predicted molar refractivity (Wildman–Crippen MR) is 78.6 cm³/mol. The molecule has 1 aromatic rings. The van der Waals surface area contributed by atoms with Crippen LogP contribution >= 0.6 is 12.8 Å². The van der Waals surface area contributed by atoms with Crippen LogP contribution in [0.15, 0.2) is 42.4 Å². The number of carbonyl (C=O) groups excluding carboxylic acids is 1. The number of anilines is 1. The molecule has 1 aliphatic rings. The van der Waals surface area contributed by atoms with Gasteiger partial charge in [0.05, 0.1) is 11.9 Å². The van der Waals surface area contributed by atoms with Crippen molar-refractivity contribution in [2.75, 3.05) is 5.01 Å². The molecule has 0 saturated heterocycles. The molecule has 0 atom stereocenters. The Morgan fingerprint density at radius 3 is 2.79 bits per heavy atom. The molecule has 0 unspecified atom stereocenters. The van der Waals surface area contributed by atoms with E-state index in [0.29, 0.717) is 12.2 Å². The van der Waals surface area contributed by atoms with Crippen LogP contribution in [0.25, 0.3) is 0 Å². The minimum Gasteiger partial charge on any atom is -0.310 e. The number of para-hydroxylation sites is 1. The summed E-state index contributed by atoms with van der Waals surface area (Å²) in [7, 11) is 0. The first-order valence-electron chi connectivity index (χ1n) is 6.32. The first kappa shape index (κ1) is 13.8. The van der Waals surface area contributed by atoms with Crippen molar-refractivity contribution in [3.05, 3.63) is 42.4 Å². The van der Waals surface area contributed by atoms with Crippen molar-refractivity contribution >= 4 is 24.4 Å². The van der Waals surface area contributed by atoms with Crippen molar-refractivity contribution in [2.45, 2.75) is 26.2 Å². The highest BCUT2D eigenvalue weighted by Crippen LogP contribution is 2.20. The summed E-state index contributed by atoms with van der Waals surface area (Å²) in [5.74, 6) is 0.682. The minimum absolute atomic E-state index is 0.0134. The van der Waals surface area contributed by atoms with Crippen LogP contribution in [-0.2, 0) is 4.79 Å². The maximum atomic E-state index is 11.8. The van der Waals surface area contributed by atoms with E-state index in [1.165, 1.54) is 4.41 Å². The molecule has 19 heavy (non-hydrogen) atoms. The van der Waals surface area contributed by atoms with Crippen LogP contribution in [0, 0.1) is 0 Å². The molecule has 1 aromatic carbocycles. The average Bonchev–Trinajstić information content (AvgIpc) is 2.78. The van der Waals surface area contributed by atoms with Gasteiger partial charge < -0.3 is 5.32 Å². The number of hydrogen-bond acceptors (Lipinski definition) is 5. The normalized spacial score (nSPS) is 14.5. The molecule has 1 aliphatic heterocycles. The fourth-order valence-electron chi connectivity index (χ4n) is 1.76. The number of nitrogens with zero attached hydrogens (tertiary/aromatic N) is 2. The number of amides is 1. The number of hydrogen-bond donors (Lipinski definition) is 3. The van der Waals surface area contributed by atoms with Crippen LogP contribution in [0.5, 0.6) is 0 Å². The Hall–Kier alpha value is -1.66. The summed E-state index contributed by atoms with van der Waals surface area (Å²) in [5, 5.41) is 4.66. The minimum atomic E-state index is 0.0134. The standard InChI is InChI=1S/C13H18N4OS/c1-2-3-9-13(18)14-12-10-16(19)15-17(12)11-7-5-4-6-8-11/h4-8,10,15,19H,2-3,9H2,1H3,(H,14,18). The maximum Gasteiger partial charge on any atom is 0.225 e. The number of nitrogens with one attached hydrogen (secondary N) is 2. The molecule has 0 aromatic heterocycles. The van der Waals surface area contributed by atoms with E-state index in [1.807, 2.05) is 30.3 Å². The van der Waals surface area contributed by atoms with Gasteiger partial charge in [-0.05, 0) is 31.4 Å². The Bertz CT molecular complexity index is 463. The summed E-state index contributed by atoms with van der Waals surface area (Å²) in [4.78, 5) is 11.8. The van der Waals surface area contributed by atoms with E-state index in [2.05, 4.69) is 30.6 Å². The zero-order valence-corrected chi connectivity index (χ0v) is 11.7. The van der Waals surface area contributed by atoms with E-state index in [4.69, 9.17) is 0 Å². The average molecular weight is 278 g/mol. The first-order chi connectivity index (χ1) is 9.20. The monoisotopic (exact) mass is 278 g/mol. The molecule has 1 amide bonds. The molecule has 1 heterocycles. The summed E-state index contributed by atoms with van der Waals surface area (Å²) in [5.41, 5.74) is 3.94. The van der Waals surface area contributed by atoms with Crippen molar-refractivity contribution in [1.82, 2.24) is 15.3 Å². The number of rotatable bonds is 5. The zero-order valence-electron chi connectivity index (χ0n) is 10.8. The lowest BCUT2D eigenvalue weighted by atomic mass is 10.2. The van der Waals surface area contributed by atoms with Gasteiger partial charge in [0.1, 0.15) is 5.82 Å². The van der Waals surface area contributed by atoms with Gasteiger partial charge in [-0.1, -0.05) is 31.5 Å². The van der Waals surface area contributed by atoms with Crippen LogP contribution in [0.1, 0.15) is 26.2 Å². The van der Waals surface area contributed by atoms with Gasteiger partial charge >= 0.3 is 0 Å². The lowest BCUT2D eigenvalue weighted by Crippen LogP contribution is -2.41. The molecular weight excluding hydrogens is 260 g/mol. The van der Waals surface area contributed by atoms with Crippen LogP contribution in [0.3, 0.4) is 0 Å². The van der Waals surface area contributed by atoms with Gasteiger partial charge in [-0.2, -0.15) is 0 Å². The van der Waals surface area contributed by atoms with Crippen molar-refractivity contribution in [3.63, 3.8) is 0 Å². The van der Waals surface area contributed by atoms with Crippen LogP contribution in [0.2, 0.25) is 0 Å². The summed E-state index contributed by atoms with van der Waals surface area (Å²) in [6, 6.07) is 9.72. The smallest absolute Gasteiger partial charge is 0.225 e. The van der Waals surface area contributed by atoms with Crippen molar-refractivity contribution < 1.29 is 4.79 Å². The van der Waals surface area contributed by atoms with Crippen molar-refractivity contribution in [1.29, 1.82) is 0 Å². The fourth-order valence-corrected chi connectivity index (χ4v) is 1.96. The number of benzene rings is 1. The lowest BCUT2D eigenvalue weighted by molar-refractivity contribution is -0.120. The molecule has 0 radical (unpaired) electrons. The lowest BCUT2D eigenvalue weighted by Gasteiger charge is -2.22. The van der Waals surface area contributed by atoms with Crippen LogP contribution in [0.4, 0.5) is 5.69 Å². The van der Waals surface area contributed by atoms with E-state index >= 15 is 0 Å². The first-order valence-corrected chi connectivity index (χ1v) is 6.72. The molecule has 5 nitrogen and oxygen atoms in total. The largest absolute Gasteiger partial charge is 0.310 e. The Balaban J connectivity index is 2.05. The Labute approximate surface area is 118 Å². The summed E-state index contributed by atoms with van der Waals surface area (Å²) >= 11 is 4.21. The second-order valence-corrected chi connectivity index (χ2v) is 4.71. The Kier molecular flexibility index (Phi) is 4.70. The molecule has 0 bridgehead atoms. The molecule has 102 valence electrons. The van der Waals surface area contributed by atoms with Gasteiger partial charge in [0.25, 0.3) is 0 Å². The molecule has 0 aliphatic carbocycles. The number of unbranched alkanes of at least 4 members (excludes halogenated alkanes) is 1. The van der Waals surface area contributed by atoms with Gasteiger partial charge in [0.15, 0.2) is 0 Å². The highest BCUT2D eigenvalue weighted by Gasteiger charge is 2.21. The van der Waals surface area contributed by atoms with Gasteiger partial charge in [0, 0.05) is 6.42 Å². The summed E-state index contributed by atoms with van der Waals surface area (Å²) in [6.45, 7) is 2.06. The fraction of sp³-hybridized carbons (Fsp3) is 0.308. The second-order valence-electron chi connectivity index (χ2n) is 4.28. The maximum absolute atomic E-state index is 11.8. The van der Waals surface area contributed by atoms with E-state index in [1.54, 1.807) is 11.2 Å². The SMILES string of the molecule is CCCCC(=O)NC1=CN(S)NN1c1ccccc1. The number of thiol groups is 1. The molecule has 0 saturated carbocycles. The van der Waals surface area contributed by atoms with Crippen LogP contribution < -0.4 is 15.9 Å². The second kappa shape index (κ2) is 6.49. The van der Waals surface area contributed by atoms with Gasteiger partial charge in [-0.3, -0.25) is 4.79 Å². The highest BCUT2D eigenvalue weighted by atomic mass is 32.1. The quantitative estimate of drug-likeness (QED) is 0.723. The van der Waals surface area contributed by atoms with Crippen molar-refractivity contribution in [2.24, 2.45) is 0 Å². The van der Waals surface area contributed by atoms with E-state index in [9.17, 15) is 4.79 Å². The highest BCUT2D eigenvalue weighted by molar-refractivity contribution is 7.77. The van der Waals surface area contributed by atoms with Crippen molar-refractivity contribution in [3.8, 4) is 0 Å². The molecule has 2 rings (SSSR count). The molecule has 0 fully saturated rings. The third-order valence-electron chi connectivity index (χ3n) is 2.73. The Morgan fingerprint density at radius 1 is 1.37 bits per heavy atom. The third kappa shape index (κ3) is 3.65. The molecule has 6 heteroatoms. The summed E-state index contributed by atoms with van der Waals surface area (Å²) in [6.07, 6.45) is 4.15. The summed E-state index contributed by atoms with van der Waals surface area (Å²) < 4.78 is 1.50. The van der Waals surface area contributed by atoms with Gasteiger partial charge in [0.2, 0.25) is 5.91 Å². The molecular formula is C13H18N4OS. The third-order valence-corrected chi connectivity index (χ3v) is 2.93. The van der Waals surface area contributed by atoms with E-state index < -0.39 is 0 Å². The number of hydrazine groups is 2. The van der Waals surface area contributed by atoms with E-state index in [0.717, 1.165) is 18.5 Å². The van der Waals surface area contributed by atoms with Gasteiger partial charge in [-0.25, -0.2) is 9.42 Å². The molecule has 0 spiro atoms. The molecule has 2 N–H and O–H groups in total. The topological polar surface area (TPSA) is 47.6 Å².